The second-order valence-corrected chi connectivity index (χ2v) is 15.9. The number of carbonyl (C=O) groups excluding carboxylic acids is 1. The Labute approximate surface area is 216 Å². The molecule has 0 aliphatic heterocycles. The number of nitrogens with zero attached hydrogens (tertiary/aromatic N) is 4. The van der Waals surface area contributed by atoms with E-state index in [0.29, 0.717) is 33.2 Å². The van der Waals surface area contributed by atoms with E-state index in [4.69, 9.17) is 4.74 Å². The third-order valence-electron chi connectivity index (χ3n) is 5.73. The molecule has 36 heavy (non-hydrogen) atoms. The number of alkyl halides is 2. The fourth-order valence-electron chi connectivity index (χ4n) is 3.83. The molecule has 8 nitrogen and oxygen atoms in total. The lowest BCUT2D eigenvalue weighted by atomic mass is 9.98. The Morgan fingerprint density at radius 1 is 1.19 bits per heavy atom. The summed E-state index contributed by atoms with van der Waals surface area (Å²) in [6, 6.07) is 9.15. The standard InChI is InChI=1S/C24H27BrF2N6O2Si/c1-36(2,3)11-10-35-12-18-20(25)19-16(15-6-4-5-7-17(15)21(26)27)8-9-28-23(19)33(18)14-30-24(34)22-29-13-31-32-22/h4-9,13,21H,10-12,14H2,1-3H3,(H,30,34)(H,29,31,32). The van der Waals surface area contributed by atoms with Gasteiger partial charge in [0.05, 0.1) is 23.4 Å². The molecule has 4 rings (SSSR count). The normalized spacial score (nSPS) is 12.0. The van der Waals surface area contributed by atoms with Crippen molar-refractivity contribution in [1.82, 2.24) is 30.0 Å². The van der Waals surface area contributed by atoms with Crippen LogP contribution >= 0.6 is 15.9 Å². The summed E-state index contributed by atoms with van der Waals surface area (Å²) in [5.41, 5.74) is 2.26. The molecule has 2 N–H and O–H groups in total. The smallest absolute Gasteiger partial charge is 0.289 e. The number of nitrogens with one attached hydrogen (secondary N) is 2. The van der Waals surface area contributed by atoms with E-state index in [2.05, 4.69) is 61.1 Å². The van der Waals surface area contributed by atoms with Crippen LogP contribution in [0.1, 0.15) is 28.3 Å². The van der Waals surface area contributed by atoms with Crippen LogP contribution in [0.3, 0.4) is 0 Å². The number of H-pyrrole nitrogens is 1. The van der Waals surface area contributed by atoms with Crippen LogP contribution in [0.25, 0.3) is 22.2 Å². The van der Waals surface area contributed by atoms with E-state index in [9.17, 15) is 13.6 Å². The molecule has 12 heteroatoms. The maximum Gasteiger partial charge on any atom is 0.289 e. The average molecular weight is 578 g/mol. The van der Waals surface area contributed by atoms with Gasteiger partial charge in [0.15, 0.2) is 0 Å². The number of hydrogen-bond donors (Lipinski definition) is 2. The van der Waals surface area contributed by atoms with Gasteiger partial charge in [-0.15, -0.1) is 0 Å². The van der Waals surface area contributed by atoms with Crippen molar-refractivity contribution in [1.29, 1.82) is 0 Å². The molecule has 0 radical (unpaired) electrons. The Morgan fingerprint density at radius 2 is 1.97 bits per heavy atom. The highest BCUT2D eigenvalue weighted by Crippen LogP contribution is 2.40. The van der Waals surface area contributed by atoms with Gasteiger partial charge in [0.2, 0.25) is 5.82 Å². The van der Waals surface area contributed by atoms with Crippen LogP contribution in [0.2, 0.25) is 25.7 Å². The van der Waals surface area contributed by atoms with E-state index in [1.54, 1.807) is 30.5 Å². The van der Waals surface area contributed by atoms with E-state index in [1.807, 2.05) is 4.57 Å². The predicted octanol–water partition coefficient (Wildman–Crippen LogP) is 5.76. The van der Waals surface area contributed by atoms with Crippen molar-refractivity contribution in [3.05, 3.63) is 64.4 Å². The Kier molecular flexibility index (Phi) is 7.96. The van der Waals surface area contributed by atoms with E-state index in [1.165, 1.54) is 12.4 Å². The molecule has 0 aliphatic carbocycles. The molecular weight excluding hydrogens is 550 g/mol. The van der Waals surface area contributed by atoms with Crippen LogP contribution in [0.5, 0.6) is 0 Å². The van der Waals surface area contributed by atoms with Crippen LogP contribution in [-0.4, -0.2) is 45.3 Å². The van der Waals surface area contributed by atoms with E-state index in [-0.39, 0.29) is 24.7 Å². The summed E-state index contributed by atoms with van der Waals surface area (Å²) in [5, 5.41) is 9.72. The molecule has 0 saturated carbocycles. The molecule has 0 fully saturated rings. The highest BCUT2D eigenvalue weighted by Gasteiger charge is 2.23. The quantitative estimate of drug-likeness (QED) is 0.185. The van der Waals surface area contributed by atoms with Crippen LogP contribution < -0.4 is 5.32 Å². The first-order chi connectivity index (χ1) is 17.2. The number of fused-ring (bicyclic) bond motifs is 1. The lowest BCUT2D eigenvalue weighted by Crippen LogP contribution is -2.28. The maximum atomic E-state index is 13.8. The summed E-state index contributed by atoms with van der Waals surface area (Å²) in [7, 11) is -1.29. The molecule has 190 valence electrons. The van der Waals surface area contributed by atoms with Crippen molar-refractivity contribution in [2.75, 3.05) is 6.61 Å². The molecule has 4 aromatic rings. The summed E-state index contributed by atoms with van der Waals surface area (Å²) in [6.45, 7) is 7.76. The van der Waals surface area contributed by atoms with Crippen LogP contribution in [-0.2, 0) is 18.0 Å². The Balaban J connectivity index is 1.76. The minimum Gasteiger partial charge on any atom is -0.375 e. The average Bonchev–Trinajstić information content (AvgIpc) is 3.47. The summed E-state index contributed by atoms with van der Waals surface area (Å²) in [4.78, 5) is 20.9. The van der Waals surface area contributed by atoms with Gasteiger partial charge in [-0.1, -0.05) is 43.9 Å². The fourth-order valence-corrected chi connectivity index (χ4v) is 5.30. The molecular formula is C24H27BrF2N6O2Si. The number of halogens is 3. The molecule has 0 unspecified atom stereocenters. The first-order valence-electron chi connectivity index (χ1n) is 11.4. The largest absolute Gasteiger partial charge is 0.375 e. The van der Waals surface area contributed by atoms with E-state index in [0.717, 1.165) is 11.7 Å². The summed E-state index contributed by atoms with van der Waals surface area (Å²) in [6.07, 6.45) is 0.204. The Bertz CT molecular complexity index is 1350. The summed E-state index contributed by atoms with van der Waals surface area (Å²) in [5.74, 6) is -0.353. The molecule has 1 aromatic carbocycles. The van der Waals surface area contributed by atoms with Crippen LogP contribution in [0.4, 0.5) is 8.78 Å². The Morgan fingerprint density at radius 3 is 2.67 bits per heavy atom. The summed E-state index contributed by atoms with van der Waals surface area (Å²) < 4.78 is 36.2. The number of benzene rings is 1. The molecule has 0 spiro atoms. The number of aromatic nitrogens is 5. The van der Waals surface area contributed by atoms with Crippen molar-refractivity contribution in [3.8, 4) is 11.1 Å². The van der Waals surface area contributed by atoms with Gasteiger partial charge >= 0.3 is 0 Å². The van der Waals surface area contributed by atoms with Gasteiger partial charge in [0.25, 0.3) is 12.3 Å². The zero-order chi connectivity index (χ0) is 25.9. The topological polar surface area (TPSA) is 97.7 Å². The highest BCUT2D eigenvalue weighted by molar-refractivity contribution is 9.10. The van der Waals surface area contributed by atoms with Gasteiger partial charge in [-0.2, -0.15) is 5.10 Å². The summed E-state index contributed by atoms with van der Waals surface area (Å²) >= 11 is 3.69. The number of amides is 1. The third-order valence-corrected chi connectivity index (χ3v) is 8.29. The monoisotopic (exact) mass is 576 g/mol. The third kappa shape index (κ3) is 5.71. The van der Waals surface area contributed by atoms with Crippen LogP contribution in [0, 0.1) is 0 Å². The van der Waals surface area contributed by atoms with Gasteiger partial charge in [-0.3, -0.25) is 9.89 Å². The zero-order valence-electron chi connectivity index (χ0n) is 20.2. The molecule has 0 saturated heterocycles. The number of ether oxygens (including phenoxy) is 1. The van der Waals surface area contributed by atoms with Crippen molar-refractivity contribution in [2.45, 2.75) is 45.4 Å². The molecule has 3 aromatic heterocycles. The van der Waals surface area contributed by atoms with Crippen LogP contribution in [0.15, 0.2) is 47.3 Å². The number of hydrogen-bond acceptors (Lipinski definition) is 5. The molecule has 0 aliphatic rings. The Hall–Kier alpha value is -2.96. The van der Waals surface area contributed by atoms with Crippen molar-refractivity contribution < 1.29 is 18.3 Å². The lowest BCUT2D eigenvalue weighted by Gasteiger charge is -2.16. The second kappa shape index (κ2) is 11.0. The van der Waals surface area contributed by atoms with Gasteiger partial charge in [0, 0.05) is 31.8 Å². The number of rotatable bonds is 10. The molecule has 3 heterocycles. The predicted molar refractivity (Wildman–Crippen MR) is 139 cm³/mol. The number of aromatic amines is 1. The number of pyridine rings is 1. The maximum absolute atomic E-state index is 13.8. The SMILES string of the molecule is C[Si](C)(C)CCOCc1c(Br)c2c(-c3ccccc3C(F)F)ccnc2n1CNC(=O)c1ncn[nH]1. The first kappa shape index (κ1) is 26.1. The number of carbonyl (C=O) groups is 1. The lowest BCUT2D eigenvalue weighted by molar-refractivity contribution is 0.0928. The van der Waals surface area contributed by atoms with Crippen molar-refractivity contribution in [3.63, 3.8) is 0 Å². The van der Waals surface area contributed by atoms with Crippen molar-refractivity contribution >= 4 is 40.9 Å². The zero-order valence-corrected chi connectivity index (χ0v) is 22.8. The van der Waals surface area contributed by atoms with Gasteiger partial charge in [-0.05, 0) is 39.2 Å². The van der Waals surface area contributed by atoms with Gasteiger partial charge in [-0.25, -0.2) is 18.7 Å². The van der Waals surface area contributed by atoms with E-state index >= 15 is 0 Å². The second-order valence-electron chi connectivity index (χ2n) is 9.50. The minimum atomic E-state index is -2.63. The molecule has 0 bridgehead atoms. The first-order valence-corrected chi connectivity index (χ1v) is 15.9. The fraction of sp³-hybridized carbons (Fsp3) is 0.333. The van der Waals surface area contributed by atoms with Gasteiger partial charge < -0.3 is 14.6 Å². The van der Waals surface area contributed by atoms with E-state index < -0.39 is 20.4 Å². The van der Waals surface area contributed by atoms with Gasteiger partial charge in [0.1, 0.15) is 12.0 Å². The van der Waals surface area contributed by atoms with Crippen molar-refractivity contribution in [2.24, 2.45) is 0 Å². The molecule has 0 atom stereocenters. The highest BCUT2D eigenvalue weighted by atomic mass is 79.9. The minimum absolute atomic E-state index is 0.0591. The molecule has 1 amide bonds.